The second-order valence-electron chi connectivity index (χ2n) is 2.12. The fourth-order valence-electron chi connectivity index (χ4n) is 0.589. The number of amides is 1. The molecule has 0 bridgehead atoms. The fraction of sp³-hybridized carbons (Fsp3) is 0.600. The molecule has 0 fully saturated rings. The summed E-state index contributed by atoms with van der Waals surface area (Å²) < 4.78 is 21.4. The minimum atomic E-state index is -3.53. The molecule has 11 heavy (non-hydrogen) atoms. The summed E-state index contributed by atoms with van der Waals surface area (Å²) in [7, 11) is -3.53. The Morgan fingerprint density at radius 2 is 2.09 bits per heavy atom. The lowest BCUT2D eigenvalue weighted by Crippen LogP contribution is -2.35. The van der Waals surface area contributed by atoms with E-state index in [4.69, 9.17) is 5.73 Å². The third-order valence-corrected chi connectivity index (χ3v) is 2.60. The van der Waals surface area contributed by atoms with Gasteiger partial charge in [-0.1, -0.05) is 0 Å². The highest BCUT2D eigenvalue weighted by atomic mass is 32.2. The van der Waals surface area contributed by atoms with Gasteiger partial charge in [0.25, 0.3) is 0 Å². The van der Waals surface area contributed by atoms with Gasteiger partial charge in [0.15, 0.2) is 9.84 Å². The zero-order chi connectivity index (χ0) is 9.07. The van der Waals surface area contributed by atoms with Crippen LogP contribution in [0.4, 0.5) is 0 Å². The number of primary amides is 1. The van der Waals surface area contributed by atoms with Crippen LogP contribution in [0.15, 0.2) is 0 Å². The number of sulfone groups is 1. The van der Waals surface area contributed by atoms with Gasteiger partial charge in [0.1, 0.15) is 11.5 Å². The van der Waals surface area contributed by atoms with Gasteiger partial charge in [-0.2, -0.15) is 0 Å². The summed E-state index contributed by atoms with van der Waals surface area (Å²) in [5.41, 5.74) is 4.73. The number of hydrogen-bond donors (Lipinski definition) is 1. The summed E-state index contributed by atoms with van der Waals surface area (Å²) in [6.07, 6.45) is 0.858. The van der Waals surface area contributed by atoms with Crippen molar-refractivity contribution in [2.75, 3.05) is 6.26 Å². The average Bonchev–Trinajstić information content (AvgIpc) is 1.79. The van der Waals surface area contributed by atoms with Crippen LogP contribution in [0.25, 0.3) is 0 Å². The summed E-state index contributed by atoms with van der Waals surface area (Å²) in [5, 5.41) is -1.38. The van der Waals surface area contributed by atoms with Gasteiger partial charge in [0.05, 0.1) is 0 Å². The maximum atomic E-state index is 10.7. The van der Waals surface area contributed by atoms with Crippen LogP contribution < -0.4 is 5.73 Å². The molecule has 0 heterocycles. The molecular formula is C5H9NO4S. The van der Waals surface area contributed by atoms with Crippen molar-refractivity contribution in [1.82, 2.24) is 0 Å². The molecule has 0 aromatic carbocycles. The molecule has 0 spiro atoms. The summed E-state index contributed by atoms with van der Waals surface area (Å²) in [6.45, 7) is 0. The van der Waals surface area contributed by atoms with Crippen molar-refractivity contribution in [3.05, 3.63) is 0 Å². The van der Waals surface area contributed by atoms with Crippen LogP contribution in [0.2, 0.25) is 0 Å². The minimum absolute atomic E-state index is 0.358. The van der Waals surface area contributed by atoms with E-state index in [2.05, 4.69) is 0 Å². The molecule has 1 atom stereocenters. The van der Waals surface area contributed by atoms with Gasteiger partial charge in [-0.15, -0.1) is 0 Å². The van der Waals surface area contributed by atoms with Gasteiger partial charge < -0.3 is 10.5 Å². The highest BCUT2D eigenvalue weighted by Gasteiger charge is 2.25. The van der Waals surface area contributed by atoms with Crippen LogP contribution in [0.3, 0.4) is 0 Å². The molecule has 0 radical (unpaired) electrons. The summed E-state index contributed by atoms with van der Waals surface area (Å²) in [6, 6.07) is 0. The Kier molecular flexibility index (Phi) is 3.18. The van der Waals surface area contributed by atoms with E-state index in [1.165, 1.54) is 0 Å². The minimum Gasteiger partial charge on any atom is -0.369 e. The third-order valence-electron chi connectivity index (χ3n) is 1.14. The maximum absolute atomic E-state index is 10.7. The smallest absolute Gasteiger partial charge is 0.236 e. The highest BCUT2D eigenvalue weighted by molar-refractivity contribution is 7.92. The number of carbonyl (C=O) groups excluding carboxylic acids is 2. The second kappa shape index (κ2) is 3.47. The zero-order valence-electron chi connectivity index (χ0n) is 5.98. The molecule has 6 heteroatoms. The molecule has 1 amide bonds. The van der Waals surface area contributed by atoms with Gasteiger partial charge in [-0.3, -0.25) is 4.79 Å². The molecule has 0 aromatic rings. The van der Waals surface area contributed by atoms with E-state index in [-0.39, 0.29) is 6.42 Å². The lowest BCUT2D eigenvalue weighted by atomic mass is 10.3. The topological polar surface area (TPSA) is 94.3 Å². The van der Waals surface area contributed by atoms with Crippen molar-refractivity contribution in [3.8, 4) is 0 Å². The Morgan fingerprint density at radius 1 is 1.64 bits per heavy atom. The maximum Gasteiger partial charge on any atom is 0.236 e. The molecule has 0 saturated carbocycles. The monoisotopic (exact) mass is 179 g/mol. The quantitative estimate of drug-likeness (QED) is 0.530. The Balaban J connectivity index is 4.62. The van der Waals surface area contributed by atoms with E-state index in [0.29, 0.717) is 6.29 Å². The van der Waals surface area contributed by atoms with E-state index in [1.54, 1.807) is 0 Å². The van der Waals surface area contributed by atoms with Crippen molar-refractivity contribution in [2.45, 2.75) is 11.7 Å². The summed E-state index contributed by atoms with van der Waals surface area (Å²) >= 11 is 0. The van der Waals surface area contributed by atoms with Crippen molar-refractivity contribution >= 4 is 22.0 Å². The lowest BCUT2D eigenvalue weighted by Gasteiger charge is -2.05. The van der Waals surface area contributed by atoms with E-state index in [0.717, 1.165) is 6.26 Å². The Hall–Kier alpha value is -0.910. The van der Waals surface area contributed by atoms with Gasteiger partial charge in [0.2, 0.25) is 5.91 Å². The van der Waals surface area contributed by atoms with Crippen LogP contribution in [0.1, 0.15) is 6.42 Å². The van der Waals surface area contributed by atoms with Gasteiger partial charge in [0, 0.05) is 12.7 Å². The van der Waals surface area contributed by atoms with Crippen molar-refractivity contribution in [2.24, 2.45) is 5.73 Å². The first-order chi connectivity index (χ1) is 4.89. The molecule has 0 aromatic heterocycles. The number of carbonyl (C=O) groups is 2. The molecule has 0 saturated heterocycles. The number of nitrogens with two attached hydrogens (primary N) is 1. The predicted molar refractivity (Wildman–Crippen MR) is 38.5 cm³/mol. The molecule has 0 aliphatic carbocycles. The van der Waals surface area contributed by atoms with E-state index in [1.807, 2.05) is 0 Å². The number of hydrogen-bond acceptors (Lipinski definition) is 4. The Labute approximate surface area is 64.5 Å². The van der Waals surface area contributed by atoms with Crippen LogP contribution in [-0.2, 0) is 19.4 Å². The fourth-order valence-corrected chi connectivity index (χ4v) is 1.44. The summed E-state index contributed by atoms with van der Waals surface area (Å²) in [5.74, 6) is -0.986. The van der Waals surface area contributed by atoms with Gasteiger partial charge >= 0.3 is 0 Å². The standard InChI is InChI=1S/C5H9NO4S/c1-11(9,10)4(2-3-7)5(6)8/h3-4H,2H2,1H3,(H2,6,8). The van der Waals surface area contributed by atoms with E-state index < -0.39 is 21.0 Å². The van der Waals surface area contributed by atoms with Crippen molar-refractivity contribution < 1.29 is 18.0 Å². The number of rotatable bonds is 4. The molecule has 0 rings (SSSR count). The molecule has 5 nitrogen and oxygen atoms in total. The Morgan fingerprint density at radius 3 is 2.18 bits per heavy atom. The molecule has 0 aliphatic rings. The first kappa shape index (κ1) is 10.1. The highest BCUT2D eigenvalue weighted by Crippen LogP contribution is 2.01. The average molecular weight is 179 g/mol. The van der Waals surface area contributed by atoms with Crippen LogP contribution >= 0.6 is 0 Å². The van der Waals surface area contributed by atoms with Crippen LogP contribution in [0, 0.1) is 0 Å². The molecule has 0 aliphatic heterocycles. The normalized spacial score (nSPS) is 13.9. The van der Waals surface area contributed by atoms with Gasteiger partial charge in [-0.25, -0.2) is 8.42 Å². The zero-order valence-corrected chi connectivity index (χ0v) is 6.80. The van der Waals surface area contributed by atoms with E-state index >= 15 is 0 Å². The molecule has 64 valence electrons. The van der Waals surface area contributed by atoms with E-state index in [9.17, 15) is 18.0 Å². The van der Waals surface area contributed by atoms with Crippen LogP contribution in [-0.4, -0.2) is 32.1 Å². The summed E-state index contributed by atoms with van der Waals surface area (Å²) in [4.78, 5) is 20.3. The third kappa shape index (κ3) is 3.13. The number of aldehydes is 1. The molecule has 1 unspecified atom stereocenters. The molecular weight excluding hydrogens is 170 g/mol. The SMILES string of the molecule is CS(=O)(=O)C(CC=O)C(N)=O. The largest absolute Gasteiger partial charge is 0.369 e. The van der Waals surface area contributed by atoms with Crippen molar-refractivity contribution in [3.63, 3.8) is 0 Å². The first-order valence-corrected chi connectivity index (χ1v) is 4.77. The second-order valence-corrected chi connectivity index (χ2v) is 4.35. The first-order valence-electron chi connectivity index (χ1n) is 2.81. The predicted octanol–water partition coefficient (Wildman–Crippen LogP) is -1.53. The Bertz CT molecular complexity index is 256. The molecule has 2 N–H and O–H groups in total. The van der Waals surface area contributed by atoms with Crippen LogP contribution in [0.5, 0.6) is 0 Å². The van der Waals surface area contributed by atoms with Gasteiger partial charge in [-0.05, 0) is 0 Å². The lowest BCUT2D eigenvalue weighted by molar-refractivity contribution is -0.119. The van der Waals surface area contributed by atoms with Crippen molar-refractivity contribution in [1.29, 1.82) is 0 Å².